The summed E-state index contributed by atoms with van der Waals surface area (Å²) in [6.07, 6.45) is 3.21. The molecule has 4 nitrogen and oxygen atoms in total. The molecule has 108 valence electrons. The van der Waals surface area contributed by atoms with Crippen molar-refractivity contribution in [2.45, 2.75) is 33.1 Å². The van der Waals surface area contributed by atoms with E-state index in [0.29, 0.717) is 6.61 Å². The Labute approximate surface area is 117 Å². The molecular formula is C13H27ClN2O2. The van der Waals surface area contributed by atoms with Crippen LogP contribution in [0.1, 0.15) is 33.1 Å². The molecule has 1 heterocycles. The summed E-state index contributed by atoms with van der Waals surface area (Å²) in [7, 11) is 0. The van der Waals surface area contributed by atoms with E-state index in [4.69, 9.17) is 4.74 Å². The van der Waals surface area contributed by atoms with Gasteiger partial charge >= 0.3 is 0 Å². The quantitative estimate of drug-likeness (QED) is 0.721. The third kappa shape index (κ3) is 6.57. The average molecular weight is 279 g/mol. The van der Waals surface area contributed by atoms with Crippen molar-refractivity contribution in [2.24, 2.45) is 5.92 Å². The zero-order valence-corrected chi connectivity index (χ0v) is 12.4. The van der Waals surface area contributed by atoms with Crippen molar-refractivity contribution < 1.29 is 9.53 Å². The zero-order chi connectivity index (χ0) is 12.5. The molecule has 0 atom stereocenters. The monoisotopic (exact) mass is 278 g/mol. The number of hydrogen-bond donors (Lipinski definition) is 1. The molecule has 1 rings (SSSR count). The molecule has 1 saturated heterocycles. The predicted molar refractivity (Wildman–Crippen MR) is 76.2 cm³/mol. The van der Waals surface area contributed by atoms with Crippen LogP contribution in [0.2, 0.25) is 0 Å². The van der Waals surface area contributed by atoms with Crippen LogP contribution in [0.15, 0.2) is 0 Å². The lowest BCUT2D eigenvalue weighted by molar-refractivity contribution is -0.137. The van der Waals surface area contributed by atoms with Gasteiger partial charge in [0.1, 0.15) is 6.61 Å². The van der Waals surface area contributed by atoms with Gasteiger partial charge in [0, 0.05) is 19.7 Å². The van der Waals surface area contributed by atoms with Gasteiger partial charge in [-0.25, -0.2) is 0 Å². The first-order valence-corrected chi connectivity index (χ1v) is 6.84. The molecular weight excluding hydrogens is 252 g/mol. The number of amides is 1. The lowest BCUT2D eigenvalue weighted by Crippen LogP contribution is -2.42. The van der Waals surface area contributed by atoms with Crippen molar-refractivity contribution >= 4 is 18.3 Å². The Balaban J connectivity index is 0.00000289. The van der Waals surface area contributed by atoms with Crippen molar-refractivity contribution in [3.63, 3.8) is 0 Å². The van der Waals surface area contributed by atoms with Crippen LogP contribution < -0.4 is 5.32 Å². The molecule has 0 saturated carbocycles. The number of rotatable bonds is 7. The highest BCUT2D eigenvalue weighted by Gasteiger charge is 2.22. The van der Waals surface area contributed by atoms with E-state index < -0.39 is 0 Å². The molecule has 0 bridgehead atoms. The number of nitrogens with zero attached hydrogens (tertiary/aromatic N) is 1. The van der Waals surface area contributed by atoms with Crippen molar-refractivity contribution in [2.75, 3.05) is 39.4 Å². The Morgan fingerprint density at radius 2 is 2.00 bits per heavy atom. The zero-order valence-electron chi connectivity index (χ0n) is 11.6. The van der Waals surface area contributed by atoms with Gasteiger partial charge in [0.05, 0.1) is 0 Å². The standard InChI is InChI=1S/C13H26N2O2.ClH/c1-3-9-17-11-13(16)15-7-5-12(6-8-15)10-14-4-2;/h12,14H,3-11H2,1-2H3;1H. The lowest BCUT2D eigenvalue weighted by Gasteiger charge is -2.32. The Morgan fingerprint density at radius 3 is 2.56 bits per heavy atom. The third-order valence-corrected chi connectivity index (χ3v) is 3.22. The summed E-state index contributed by atoms with van der Waals surface area (Å²) in [5.41, 5.74) is 0. The fraction of sp³-hybridized carbons (Fsp3) is 0.923. The Hall–Kier alpha value is -0.320. The van der Waals surface area contributed by atoms with E-state index in [1.807, 2.05) is 4.90 Å². The van der Waals surface area contributed by atoms with Gasteiger partial charge in [-0.3, -0.25) is 4.79 Å². The van der Waals surface area contributed by atoms with E-state index in [2.05, 4.69) is 19.2 Å². The number of carbonyl (C=O) groups excluding carboxylic acids is 1. The molecule has 0 aromatic heterocycles. The van der Waals surface area contributed by atoms with Crippen molar-refractivity contribution in [1.29, 1.82) is 0 Å². The maximum absolute atomic E-state index is 11.8. The van der Waals surface area contributed by atoms with E-state index in [9.17, 15) is 4.79 Å². The van der Waals surface area contributed by atoms with Crippen molar-refractivity contribution in [1.82, 2.24) is 10.2 Å². The fourth-order valence-electron chi connectivity index (χ4n) is 2.13. The van der Waals surface area contributed by atoms with Crippen LogP contribution in [0.5, 0.6) is 0 Å². The van der Waals surface area contributed by atoms with Crippen LogP contribution in [-0.2, 0) is 9.53 Å². The van der Waals surface area contributed by atoms with Crippen LogP contribution in [-0.4, -0.2) is 50.2 Å². The molecule has 0 aromatic rings. The second-order valence-corrected chi connectivity index (χ2v) is 4.68. The second kappa shape index (κ2) is 10.6. The molecule has 1 aliphatic rings. The largest absolute Gasteiger partial charge is 0.372 e. The molecule has 5 heteroatoms. The summed E-state index contributed by atoms with van der Waals surface area (Å²) < 4.78 is 5.29. The van der Waals surface area contributed by atoms with Crippen LogP contribution in [0.25, 0.3) is 0 Å². The summed E-state index contributed by atoms with van der Waals surface area (Å²) in [4.78, 5) is 13.7. The van der Waals surface area contributed by atoms with E-state index in [1.165, 1.54) is 0 Å². The average Bonchev–Trinajstić information content (AvgIpc) is 2.37. The summed E-state index contributed by atoms with van der Waals surface area (Å²) in [6.45, 7) is 9.03. The third-order valence-electron chi connectivity index (χ3n) is 3.22. The van der Waals surface area contributed by atoms with Gasteiger partial charge in [0.15, 0.2) is 0 Å². The van der Waals surface area contributed by atoms with Crippen LogP contribution in [0.4, 0.5) is 0 Å². The van der Waals surface area contributed by atoms with Crippen molar-refractivity contribution in [3.8, 4) is 0 Å². The minimum Gasteiger partial charge on any atom is -0.372 e. The maximum atomic E-state index is 11.8. The molecule has 1 aliphatic heterocycles. The van der Waals surface area contributed by atoms with E-state index in [-0.39, 0.29) is 24.9 Å². The summed E-state index contributed by atoms with van der Waals surface area (Å²) in [5.74, 6) is 0.885. The van der Waals surface area contributed by atoms with Gasteiger partial charge in [-0.1, -0.05) is 13.8 Å². The van der Waals surface area contributed by atoms with Crippen LogP contribution in [0, 0.1) is 5.92 Å². The molecule has 1 N–H and O–H groups in total. The number of carbonyl (C=O) groups is 1. The first-order chi connectivity index (χ1) is 8.27. The SMILES string of the molecule is CCCOCC(=O)N1CCC(CNCC)CC1.Cl. The normalized spacial score (nSPS) is 16.4. The van der Waals surface area contributed by atoms with E-state index in [0.717, 1.165) is 51.4 Å². The Morgan fingerprint density at radius 1 is 1.33 bits per heavy atom. The van der Waals surface area contributed by atoms with Gasteiger partial charge in [0.2, 0.25) is 5.91 Å². The maximum Gasteiger partial charge on any atom is 0.248 e. The Kier molecular flexibility index (Phi) is 10.4. The van der Waals surface area contributed by atoms with Gasteiger partial charge in [-0.15, -0.1) is 12.4 Å². The number of piperidine rings is 1. The second-order valence-electron chi connectivity index (χ2n) is 4.68. The molecule has 1 fully saturated rings. The summed E-state index contributed by atoms with van der Waals surface area (Å²) in [5, 5.41) is 3.38. The minimum absolute atomic E-state index is 0. The van der Waals surface area contributed by atoms with Crippen LogP contribution >= 0.6 is 12.4 Å². The van der Waals surface area contributed by atoms with E-state index >= 15 is 0 Å². The van der Waals surface area contributed by atoms with E-state index in [1.54, 1.807) is 0 Å². The molecule has 1 amide bonds. The van der Waals surface area contributed by atoms with Crippen LogP contribution in [0.3, 0.4) is 0 Å². The van der Waals surface area contributed by atoms with Crippen molar-refractivity contribution in [3.05, 3.63) is 0 Å². The highest BCUT2D eigenvalue weighted by molar-refractivity contribution is 5.85. The Bertz CT molecular complexity index is 219. The molecule has 0 aliphatic carbocycles. The van der Waals surface area contributed by atoms with Gasteiger partial charge in [-0.05, 0) is 38.3 Å². The first kappa shape index (κ1) is 17.7. The summed E-state index contributed by atoms with van der Waals surface area (Å²) in [6, 6.07) is 0. The molecule has 18 heavy (non-hydrogen) atoms. The first-order valence-electron chi connectivity index (χ1n) is 6.84. The molecule has 0 unspecified atom stereocenters. The highest BCUT2D eigenvalue weighted by Crippen LogP contribution is 2.16. The number of hydrogen-bond acceptors (Lipinski definition) is 3. The molecule has 0 radical (unpaired) electrons. The lowest BCUT2D eigenvalue weighted by atomic mass is 9.97. The number of halogens is 1. The van der Waals surface area contributed by atoms with Gasteiger partial charge < -0.3 is 15.0 Å². The number of likely N-dealkylation sites (tertiary alicyclic amines) is 1. The number of nitrogens with one attached hydrogen (secondary N) is 1. The predicted octanol–water partition coefficient (Wildman–Crippen LogP) is 1.68. The minimum atomic E-state index is 0. The molecule has 0 spiro atoms. The number of ether oxygens (including phenoxy) is 1. The fourth-order valence-corrected chi connectivity index (χ4v) is 2.13. The smallest absolute Gasteiger partial charge is 0.248 e. The van der Waals surface area contributed by atoms with Gasteiger partial charge in [-0.2, -0.15) is 0 Å². The highest BCUT2D eigenvalue weighted by atomic mass is 35.5. The topological polar surface area (TPSA) is 41.6 Å². The molecule has 0 aromatic carbocycles. The van der Waals surface area contributed by atoms with Gasteiger partial charge in [0.25, 0.3) is 0 Å². The summed E-state index contributed by atoms with van der Waals surface area (Å²) >= 11 is 0.